The van der Waals surface area contributed by atoms with Crippen LogP contribution in [-0.2, 0) is 14.3 Å². The van der Waals surface area contributed by atoms with Gasteiger partial charge < -0.3 is 14.8 Å². The van der Waals surface area contributed by atoms with Gasteiger partial charge in [0.1, 0.15) is 5.75 Å². The highest BCUT2D eigenvalue weighted by atomic mass is 16.5. The van der Waals surface area contributed by atoms with Crippen LogP contribution in [0.3, 0.4) is 0 Å². The maximum atomic E-state index is 12.0. The summed E-state index contributed by atoms with van der Waals surface area (Å²) in [6, 6.07) is 7.56. The van der Waals surface area contributed by atoms with Crippen LogP contribution in [0.25, 0.3) is 6.08 Å². The fourth-order valence-electron chi connectivity index (χ4n) is 3.23. The molecule has 1 fully saturated rings. The zero-order valence-corrected chi connectivity index (χ0v) is 15.9. The van der Waals surface area contributed by atoms with Crippen LogP contribution >= 0.6 is 0 Å². The van der Waals surface area contributed by atoms with E-state index in [0.717, 1.165) is 24.2 Å². The summed E-state index contributed by atoms with van der Waals surface area (Å²) in [5.41, 5.74) is 0.861. The molecular formula is C21H29NO4. The van der Waals surface area contributed by atoms with Crippen molar-refractivity contribution in [2.45, 2.75) is 46.1 Å². The molecule has 0 radical (unpaired) electrons. The fraction of sp³-hybridized carbons (Fsp3) is 0.524. The van der Waals surface area contributed by atoms with Crippen molar-refractivity contribution in [3.8, 4) is 5.75 Å². The van der Waals surface area contributed by atoms with Crippen LogP contribution in [-0.4, -0.2) is 31.1 Å². The van der Waals surface area contributed by atoms with E-state index in [2.05, 4.69) is 19.2 Å². The quantitative estimate of drug-likeness (QED) is 0.597. The predicted molar refractivity (Wildman–Crippen MR) is 102 cm³/mol. The average Bonchev–Trinajstić information content (AvgIpc) is 2.63. The van der Waals surface area contributed by atoms with Gasteiger partial charge in [0.05, 0.1) is 6.61 Å². The molecule has 142 valence electrons. The number of nitrogens with one attached hydrogen (secondary N) is 1. The first-order chi connectivity index (χ1) is 12.5. The van der Waals surface area contributed by atoms with Gasteiger partial charge in [-0.05, 0) is 49.0 Å². The molecule has 0 spiro atoms. The van der Waals surface area contributed by atoms with Crippen LogP contribution in [0.2, 0.25) is 0 Å². The Labute approximate surface area is 155 Å². The molecule has 1 amide bonds. The molecule has 1 aliphatic carbocycles. The number of amides is 1. The Balaban J connectivity index is 1.74. The maximum Gasteiger partial charge on any atom is 0.331 e. The lowest BCUT2D eigenvalue weighted by atomic mass is 9.78. The summed E-state index contributed by atoms with van der Waals surface area (Å²) in [6.45, 7) is 6.68. The van der Waals surface area contributed by atoms with E-state index in [1.165, 1.54) is 12.5 Å². The molecule has 26 heavy (non-hydrogen) atoms. The summed E-state index contributed by atoms with van der Waals surface area (Å²) in [7, 11) is 0. The van der Waals surface area contributed by atoms with Gasteiger partial charge >= 0.3 is 5.97 Å². The van der Waals surface area contributed by atoms with E-state index in [4.69, 9.17) is 9.47 Å². The van der Waals surface area contributed by atoms with Gasteiger partial charge in [-0.3, -0.25) is 4.79 Å². The number of benzene rings is 1. The number of carbonyl (C=O) groups excluding carboxylic acids is 2. The molecule has 5 heteroatoms. The van der Waals surface area contributed by atoms with Crippen LogP contribution in [0.15, 0.2) is 30.3 Å². The van der Waals surface area contributed by atoms with Crippen molar-refractivity contribution in [2.75, 3.05) is 13.2 Å². The Kier molecular flexibility index (Phi) is 7.70. The lowest BCUT2D eigenvalue weighted by molar-refractivity contribution is -0.144. The van der Waals surface area contributed by atoms with E-state index in [-0.39, 0.29) is 18.6 Å². The summed E-state index contributed by atoms with van der Waals surface area (Å²) < 4.78 is 10.4. The highest BCUT2D eigenvalue weighted by Gasteiger charge is 2.28. The largest absolute Gasteiger partial charge is 0.494 e. The van der Waals surface area contributed by atoms with Crippen LogP contribution in [0.1, 0.15) is 45.6 Å². The van der Waals surface area contributed by atoms with Gasteiger partial charge in [-0.1, -0.05) is 38.8 Å². The van der Waals surface area contributed by atoms with Gasteiger partial charge in [0.2, 0.25) is 0 Å². The molecule has 0 aromatic heterocycles. The first kappa shape index (κ1) is 20.0. The SMILES string of the molecule is CCOc1ccc(/C=C/C(=O)OCC(=O)N[C@H]2CCC[C@H](C)[C@@H]2C)cc1. The van der Waals surface area contributed by atoms with Gasteiger partial charge in [-0.15, -0.1) is 0 Å². The van der Waals surface area contributed by atoms with Gasteiger partial charge in [0.25, 0.3) is 5.91 Å². The Morgan fingerprint density at radius 3 is 2.62 bits per heavy atom. The smallest absolute Gasteiger partial charge is 0.331 e. The highest BCUT2D eigenvalue weighted by Crippen LogP contribution is 2.29. The molecule has 1 aliphatic rings. The van der Waals surface area contributed by atoms with Crippen molar-refractivity contribution in [3.63, 3.8) is 0 Å². The monoisotopic (exact) mass is 359 g/mol. The van der Waals surface area contributed by atoms with Gasteiger partial charge in [0, 0.05) is 12.1 Å². The first-order valence-electron chi connectivity index (χ1n) is 9.36. The van der Waals surface area contributed by atoms with Crippen molar-refractivity contribution in [1.82, 2.24) is 5.32 Å². The minimum absolute atomic E-state index is 0.171. The van der Waals surface area contributed by atoms with Crippen molar-refractivity contribution >= 4 is 18.0 Å². The van der Waals surface area contributed by atoms with Crippen LogP contribution in [0.4, 0.5) is 0 Å². The van der Waals surface area contributed by atoms with Crippen LogP contribution < -0.4 is 10.1 Å². The van der Waals surface area contributed by atoms with Crippen LogP contribution in [0.5, 0.6) is 5.75 Å². The zero-order valence-electron chi connectivity index (χ0n) is 15.9. The van der Waals surface area contributed by atoms with E-state index in [9.17, 15) is 9.59 Å². The molecular weight excluding hydrogens is 330 g/mol. The second-order valence-electron chi connectivity index (χ2n) is 6.88. The molecule has 1 aromatic carbocycles. The molecule has 5 nitrogen and oxygen atoms in total. The van der Waals surface area contributed by atoms with Gasteiger partial charge in [-0.25, -0.2) is 4.79 Å². The van der Waals surface area contributed by atoms with Gasteiger partial charge in [-0.2, -0.15) is 0 Å². The predicted octanol–water partition coefficient (Wildman–Crippen LogP) is 3.58. The molecule has 1 N–H and O–H groups in total. The summed E-state index contributed by atoms with van der Waals surface area (Å²) in [4.78, 5) is 23.8. The number of hydrogen-bond donors (Lipinski definition) is 1. The van der Waals surface area contributed by atoms with E-state index in [0.29, 0.717) is 18.4 Å². The van der Waals surface area contributed by atoms with E-state index < -0.39 is 5.97 Å². The van der Waals surface area contributed by atoms with Crippen molar-refractivity contribution < 1.29 is 19.1 Å². The summed E-state index contributed by atoms with van der Waals surface area (Å²) >= 11 is 0. The molecule has 3 atom stereocenters. The van der Waals surface area contributed by atoms with Gasteiger partial charge in [0.15, 0.2) is 6.61 Å². The summed E-state index contributed by atoms with van der Waals surface area (Å²) in [6.07, 6.45) is 6.30. The molecule has 1 saturated carbocycles. The van der Waals surface area contributed by atoms with Crippen molar-refractivity contribution in [3.05, 3.63) is 35.9 Å². The summed E-state index contributed by atoms with van der Waals surface area (Å²) in [5.74, 6) is 1.07. The average molecular weight is 359 g/mol. The molecule has 0 aliphatic heterocycles. The Hall–Kier alpha value is -2.30. The van der Waals surface area contributed by atoms with Crippen molar-refractivity contribution in [2.24, 2.45) is 11.8 Å². The Morgan fingerprint density at radius 1 is 1.19 bits per heavy atom. The lowest BCUT2D eigenvalue weighted by Gasteiger charge is -2.34. The molecule has 2 rings (SSSR count). The molecule has 0 heterocycles. The molecule has 0 saturated heterocycles. The Morgan fingerprint density at radius 2 is 1.92 bits per heavy atom. The van der Waals surface area contributed by atoms with E-state index >= 15 is 0 Å². The highest BCUT2D eigenvalue weighted by molar-refractivity contribution is 5.89. The summed E-state index contributed by atoms with van der Waals surface area (Å²) in [5, 5.41) is 2.99. The third-order valence-electron chi connectivity index (χ3n) is 5.00. The number of ether oxygens (including phenoxy) is 2. The number of carbonyl (C=O) groups is 2. The number of hydrogen-bond acceptors (Lipinski definition) is 4. The normalized spacial score (nSPS) is 22.8. The molecule has 1 aromatic rings. The standard InChI is InChI=1S/C21H29NO4/c1-4-25-18-11-8-17(9-12-18)10-13-21(24)26-14-20(23)22-19-7-5-6-15(2)16(19)3/h8-13,15-16,19H,4-7,14H2,1-3H3,(H,22,23)/b13-10+/t15-,16-,19-/m0/s1. The fourth-order valence-corrected chi connectivity index (χ4v) is 3.23. The zero-order chi connectivity index (χ0) is 18.9. The molecule has 0 unspecified atom stereocenters. The minimum atomic E-state index is -0.529. The second kappa shape index (κ2) is 10.00. The second-order valence-corrected chi connectivity index (χ2v) is 6.88. The van der Waals surface area contributed by atoms with E-state index in [1.54, 1.807) is 6.08 Å². The van der Waals surface area contributed by atoms with Crippen molar-refractivity contribution in [1.29, 1.82) is 0 Å². The Bertz CT molecular complexity index is 623. The minimum Gasteiger partial charge on any atom is -0.494 e. The lowest BCUT2D eigenvalue weighted by Crippen LogP contribution is -2.45. The third-order valence-corrected chi connectivity index (χ3v) is 5.00. The number of rotatable bonds is 7. The first-order valence-corrected chi connectivity index (χ1v) is 9.36. The van der Waals surface area contributed by atoms with E-state index in [1.807, 2.05) is 31.2 Å². The third kappa shape index (κ3) is 6.21. The topological polar surface area (TPSA) is 64.6 Å². The van der Waals surface area contributed by atoms with Crippen LogP contribution in [0, 0.1) is 11.8 Å². The molecule has 0 bridgehead atoms. The maximum absolute atomic E-state index is 12.0. The number of esters is 1.